The van der Waals surface area contributed by atoms with E-state index in [1.807, 2.05) is 12.1 Å². The predicted octanol–water partition coefficient (Wildman–Crippen LogP) is 15.8. The third-order valence-corrected chi connectivity index (χ3v) is 22.4. The molecule has 0 atom stereocenters. The molecule has 0 radical (unpaired) electrons. The molecule has 8 heteroatoms. The fourth-order valence-electron chi connectivity index (χ4n) is 13.9. The van der Waals surface area contributed by atoms with Gasteiger partial charge in [0.2, 0.25) is 5.95 Å². The lowest BCUT2D eigenvalue weighted by molar-refractivity contribution is 0.952. The molecule has 17 aromatic rings. The Morgan fingerprint density at radius 1 is 0.282 bits per heavy atom. The average Bonchev–Trinajstić information content (AvgIpc) is 2.61. The molecule has 0 fully saturated rings. The summed E-state index contributed by atoms with van der Waals surface area (Å²) >= 11 is 0. The highest BCUT2D eigenvalue weighted by molar-refractivity contribution is 7.19. The fraction of sp³-hybridized carbons (Fsp3) is 0. The second kappa shape index (κ2) is 19.1. The van der Waals surface area contributed by atoms with Crippen LogP contribution in [0.4, 0.5) is 0 Å². The highest BCUT2D eigenvalue weighted by Crippen LogP contribution is 2.40. The Labute approximate surface area is 490 Å². The van der Waals surface area contributed by atoms with Crippen molar-refractivity contribution in [3.63, 3.8) is 0 Å². The van der Waals surface area contributed by atoms with Crippen LogP contribution in [0.15, 0.2) is 297 Å². The van der Waals surface area contributed by atoms with Crippen LogP contribution in [0, 0.1) is 11.3 Å². The summed E-state index contributed by atoms with van der Waals surface area (Å²) in [7, 11) is -2.83. The summed E-state index contributed by atoms with van der Waals surface area (Å²) < 4.78 is 9.28. The van der Waals surface area contributed by atoms with Gasteiger partial charge in [0, 0.05) is 66.1 Å². The second-order valence-corrected chi connectivity index (χ2v) is 25.8. The van der Waals surface area contributed by atoms with Crippen molar-refractivity contribution < 1.29 is 0 Å². The van der Waals surface area contributed by atoms with Gasteiger partial charge in [0.05, 0.1) is 61.5 Å². The number of hydrogen-bond donors (Lipinski definition) is 0. The van der Waals surface area contributed by atoms with Crippen molar-refractivity contribution in [2.24, 2.45) is 0 Å². The summed E-state index contributed by atoms with van der Waals surface area (Å²) in [6.07, 6.45) is 0. The molecule has 85 heavy (non-hydrogen) atoms. The molecule has 0 aliphatic carbocycles. The summed E-state index contributed by atoms with van der Waals surface area (Å²) in [5, 5.41) is 24.2. The molecule has 396 valence electrons. The number of nitrogens with zero attached hydrogens (tertiary/aromatic N) is 7. The van der Waals surface area contributed by atoms with Gasteiger partial charge in [-0.25, -0.2) is 4.98 Å². The zero-order valence-corrected chi connectivity index (χ0v) is 46.9. The van der Waals surface area contributed by atoms with Gasteiger partial charge in [-0.2, -0.15) is 10.2 Å². The lowest BCUT2D eigenvalue weighted by atomic mass is 10.1. The van der Waals surface area contributed by atoms with Gasteiger partial charge in [-0.1, -0.05) is 206 Å². The average molecular weight is 1100 g/mol. The maximum Gasteiger partial charge on any atom is 0.237 e. The topological polar surface area (TPSA) is 69.3 Å². The molecule has 7 nitrogen and oxygen atoms in total. The minimum Gasteiger partial charge on any atom is -0.309 e. The van der Waals surface area contributed by atoms with Crippen LogP contribution in [-0.4, -0.2) is 36.3 Å². The first-order chi connectivity index (χ1) is 42.1. The summed E-state index contributed by atoms with van der Waals surface area (Å²) in [4.78, 5) is 11.4. The van der Waals surface area contributed by atoms with Crippen molar-refractivity contribution in [1.82, 2.24) is 28.2 Å². The van der Waals surface area contributed by atoms with E-state index in [4.69, 9.17) is 9.97 Å². The number of nitriles is 1. The summed E-state index contributed by atoms with van der Waals surface area (Å²) in [5.41, 5.74) is 13.1. The minimum atomic E-state index is -2.83. The predicted molar refractivity (Wildman–Crippen MR) is 353 cm³/mol. The van der Waals surface area contributed by atoms with E-state index < -0.39 is 8.07 Å². The molecule has 0 amide bonds. The summed E-state index contributed by atoms with van der Waals surface area (Å²) in [6.45, 7) is 0. The maximum absolute atomic E-state index is 9.94. The van der Waals surface area contributed by atoms with Crippen LogP contribution in [0.2, 0.25) is 0 Å². The SMILES string of the molecule is N#Cc1ccc2c(c1)c1ccccc1n2-c1ccc2c(c1)c1ccccc1n2-c1nc(-c2ccc([Si](c3ccccc3)(c3ccccc3)c3ccccc3)cc2)cc(-n2c3ccccc3c3cc(-n4c5ccccc5c5ccccc54)ccc32)n1. The highest BCUT2D eigenvalue weighted by atomic mass is 28.3. The second-order valence-electron chi connectivity index (χ2n) is 22.0. The van der Waals surface area contributed by atoms with Gasteiger partial charge in [0.25, 0.3) is 0 Å². The number of rotatable bonds is 9. The van der Waals surface area contributed by atoms with Crippen LogP contribution >= 0.6 is 0 Å². The first kappa shape index (κ1) is 48.3. The smallest absolute Gasteiger partial charge is 0.237 e. The molecule has 12 aromatic carbocycles. The van der Waals surface area contributed by atoms with Crippen molar-refractivity contribution in [2.45, 2.75) is 0 Å². The zero-order valence-electron chi connectivity index (χ0n) is 45.9. The quantitative estimate of drug-likeness (QED) is 0.107. The lowest BCUT2D eigenvalue weighted by Gasteiger charge is -2.34. The van der Waals surface area contributed by atoms with Crippen LogP contribution in [0.1, 0.15) is 5.56 Å². The van der Waals surface area contributed by atoms with Crippen LogP contribution in [-0.2, 0) is 0 Å². The van der Waals surface area contributed by atoms with Gasteiger partial charge < -0.3 is 9.13 Å². The Bertz CT molecular complexity index is 5400. The first-order valence-corrected chi connectivity index (χ1v) is 30.8. The molecule has 5 heterocycles. The Balaban J connectivity index is 0.903. The molecule has 0 unspecified atom stereocenters. The molecule has 0 saturated carbocycles. The van der Waals surface area contributed by atoms with E-state index in [1.54, 1.807) is 0 Å². The van der Waals surface area contributed by atoms with E-state index >= 15 is 0 Å². The summed E-state index contributed by atoms with van der Waals surface area (Å²) in [6, 6.07) is 110. The van der Waals surface area contributed by atoms with E-state index in [0.29, 0.717) is 11.5 Å². The van der Waals surface area contributed by atoms with E-state index in [9.17, 15) is 5.26 Å². The Kier molecular flexibility index (Phi) is 10.9. The highest BCUT2D eigenvalue weighted by Gasteiger charge is 2.41. The van der Waals surface area contributed by atoms with Crippen LogP contribution < -0.4 is 20.7 Å². The maximum atomic E-state index is 9.94. The molecule has 0 N–H and O–H groups in total. The molecule has 5 aromatic heterocycles. The van der Waals surface area contributed by atoms with Gasteiger partial charge in [-0.15, -0.1) is 0 Å². The lowest BCUT2D eigenvalue weighted by Crippen LogP contribution is -2.74. The number of aromatic nitrogens is 6. The third-order valence-electron chi connectivity index (χ3n) is 17.6. The molecule has 0 saturated heterocycles. The normalized spacial score (nSPS) is 12.0. The standard InChI is InChI=1S/C77H49N7Si/c78-50-51-36-43-73-64(46-51)61-28-12-17-33-70(61)82(73)54-40-45-75-66(48-54)63-30-14-19-35-72(63)84(75)77-79-67(52-37-41-58(42-38-52)85(55-20-4-1-5-21-55,56-22-6-2-7-23-56)57-24-8-3-9-25-57)49-76(80-77)83-71-34-18-13-29-62(71)65-47-53(39-44-74(65)83)81-68-31-15-10-26-59(68)60-27-11-16-32-69(60)81/h1-49H. The van der Waals surface area contributed by atoms with Gasteiger partial charge in [0.15, 0.2) is 8.07 Å². The van der Waals surface area contributed by atoms with Gasteiger partial charge >= 0.3 is 0 Å². The van der Waals surface area contributed by atoms with E-state index in [0.717, 1.165) is 93.9 Å². The number of benzene rings is 12. The van der Waals surface area contributed by atoms with Gasteiger partial charge in [0.1, 0.15) is 5.82 Å². The van der Waals surface area contributed by atoms with E-state index in [1.165, 1.54) is 42.6 Å². The minimum absolute atomic E-state index is 0.561. The molecular weight excluding hydrogens is 1050 g/mol. The van der Waals surface area contributed by atoms with E-state index in [-0.39, 0.29) is 0 Å². The molecule has 0 aliphatic heterocycles. The fourth-order valence-corrected chi connectivity index (χ4v) is 18.7. The van der Waals surface area contributed by atoms with Crippen LogP contribution in [0.5, 0.6) is 0 Å². The van der Waals surface area contributed by atoms with Gasteiger partial charge in [-0.05, 0) is 106 Å². The molecule has 17 rings (SSSR count). The Hall–Kier alpha value is -11.4. The Morgan fingerprint density at radius 2 is 0.635 bits per heavy atom. The van der Waals surface area contributed by atoms with Crippen molar-refractivity contribution in [3.05, 3.63) is 303 Å². The molecular formula is C77H49N7Si. The Morgan fingerprint density at radius 3 is 1.11 bits per heavy atom. The number of para-hydroxylation sites is 5. The zero-order chi connectivity index (χ0) is 56.2. The van der Waals surface area contributed by atoms with Crippen molar-refractivity contribution in [1.29, 1.82) is 5.26 Å². The van der Waals surface area contributed by atoms with Gasteiger partial charge in [-0.3, -0.25) is 9.13 Å². The largest absolute Gasteiger partial charge is 0.309 e. The monoisotopic (exact) mass is 1100 g/mol. The van der Waals surface area contributed by atoms with Crippen LogP contribution in [0.3, 0.4) is 0 Å². The molecule has 0 aliphatic rings. The van der Waals surface area contributed by atoms with E-state index in [2.05, 4.69) is 309 Å². The molecule has 0 spiro atoms. The first-order valence-electron chi connectivity index (χ1n) is 28.8. The van der Waals surface area contributed by atoms with Crippen molar-refractivity contribution in [2.75, 3.05) is 0 Å². The van der Waals surface area contributed by atoms with Crippen molar-refractivity contribution >= 4 is 116 Å². The number of fused-ring (bicyclic) bond motifs is 12. The summed E-state index contributed by atoms with van der Waals surface area (Å²) in [5.74, 6) is 1.32. The van der Waals surface area contributed by atoms with Crippen molar-refractivity contribution in [3.8, 4) is 40.5 Å². The number of hydrogen-bond acceptors (Lipinski definition) is 3. The molecule has 0 bridgehead atoms. The third kappa shape index (κ3) is 7.31. The van der Waals surface area contributed by atoms with Crippen LogP contribution in [0.25, 0.3) is 122 Å².